The maximum Gasteiger partial charge on any atom is 0.227 e. The molecule has 4 nitrogen and oxygen atoms in total. The fourth-order valence-electron chi connectivity index (χ4n) is 2.80. The molecule has 2 saturated heterocycles. The van der Waals surface area contributed by atoms with Gasteiger partial charge in [-0.15, -0.1) is 0 Å². The Labute approximate surface area is 135 Å². The fourth-order valence-corrected chi connectivity index (χ4v) is 3.12. The second-order valence-electron chi connectivity index (χ2n) is 5.65. The van der Waals surface area contributed by atoms with E-state index in [1.54, 1.807) is 12.1 Å². The summed E-state index contributed by atoms with van der Waals surface area (Å²) in [5.74, 6) is 0.166. The highest BCUT2D eigenvalue weighted by atomic mass is 35.5. The van der Waals surface area contributed by atoms with E-state index in [4.69, 9.17) is 23.2 Å². The van der Waals surface area contributed by atoms with Crippen LogP contribution in [0.2, 0.25) is 10.0 Å². The van der Waals surface area contributed by atoms with Gasteiger partial charge in [-0.3, -0.25) is 9.69 Å². The summed E-state index contributed by atoms with van der Waals surface area (Å²) in [6.07, 6.45) is 0.391. The zero-order valence-corrected chi connectivity index (χ0v) is 13.3. The zero-order chi connectivity index (χ0) is 14.8. The first kappa shape index (κ1) is 15.1. The molecule has 0 saturated carbocycles. The van der Waals surface area contributed by atoms with Gasteiger partial charge in [0.2, 0.25) is 5.91 Å². The van der Waals surface area contributed by atoms with Gasteiger partial charge in [0.05, 0.1) is 16.5 Å². The van der Waals surface area contributed by atoms with Crippen molar-refractivity contribution in [1.29, 1.82) is 0 Å². The van der Waals surface area contributed by atoms with Crippen LogP contribution in [-0.4, -0.2) is 61.0 Å². The van der Waals surface area contributed by atoms with E-state index in [1.807, 2.05) is 11.0 Å². The lowest BCUT2D eigenvalue weighted by Gasteiger charge is -2.43. The minimum absolute atomic E-state index is 0.166. The van der Waals surface area contributed by atoms with Gasteiger partial charge in [0.15, 0.2) is 0 Å². The monoisotopic (exact) mass is 327 g/mol. The van der Waals surface area contributed by atoms with Crippen LogP contribution in [0.3, 0.4) is 0 Å². The van der Waals surface area contributed by atoms with Gasteiger partial charge in [-0.1, -0.05) is 29.3 Å². The Morgan fingerprint density at radius 3 is 2.43 bits per heavy atom. The number of amides is 1. The molecule has 21 heavy (non-hydrogen) atoms. The lowest BCUT2D eigenvalue weighted by Crippen LogP contribution is -2.62. The molecule has 1 amide bonds. The Morgan fingerprint density at radius 1 is 1.14 bits per heavy atom. The van der Waals surface area contributed by atoms with Crippen LogP contribution < -0.4 is 5.32 Å². The van der Waals surface area contributed by atoms with Crippen molar-refractivity contribution >= 4 is 29.1 Å². The average molecular weight is 328 g/mol. The first-order valence-corrected chi connectivity index (χ1v) is 8.05. The van der Waals surface area contributed by atoms with Crippen LogP contribution in [0.1, 0.15) is 5.56 Å². The van der Waals surface area contributed by atoms with Crippen LogP contribution >= 0.6 is 23.2 Å². The summed E-state index contributed by atoms with van der Waals surface area (Å²) in [6.45, 7) is 5.74. The van der Waals surface area contributed by atoms with Gasteiger partial charge < -0.3 is 10.2 Å². The number of hydrogen-bond acceptors (Lipinski definition) is 3. The molecule has 0 atom stereocenters. The van der Waals surface area contributed by atoms with E-state index in [2.05, 4.69) is 10.2 Å². The van der Waals surface area contributed by atoms with Crippen molar-refractivity contribution in [3.63, 3.8) is 0 Å². The lowest BCUT2D eigenvalue weighted by molar-refractivity contribution is -0.132. The lowest BCUT2D eigenvalue weighted by atomic mass is 10.1. The van der Waals surface area contributed by atoms with E-state index < -0.39 is 0 Å². The number of halogens is 2. The predicted octanol–water partition coefficient (Wildman–Crippen LogP) is 1.65. The maximum atomic E-state index is 12.3. The summed E-state index contributed by atoms with van der Waals surface area (Å²) >= 11 is 11.9. The summed E-state index contributed by atoms with van der Waals surface area (Å²) in [7, 11) is 0. The van der Waals surface area contributed by atoms with Gasteiger partial charge in [0.1, 0.15) is 0 Å². The first-order chi connectivity index (χ1) is 10.1. The molecule has 0 bridgehead atoms. The van der Waals surface area contributed by atoms with Crippen molar-refractivity contribution < 1.29 is 4.79 Å². The molecule has 2 aliphatic rings. The summed E-state index contributed by atoms with van der Waals surface area (Å²) in [5, 5.41) is 4.32. The highest BCUT2D eigenvalue weighted by Crippen LogP contribution is 2.23. The molecule has 1 aromatic rings. The summed E-state index contributed by atoms with van der Waals surface area (Å²) in [5.41, 5.74) is 0.917. The summed E-state index contributed by atoms with van der Waals surface area (Å²) in [4.78, 5) is 16.8. The Balaban J connectivity index is 1.52. The van der Waals surface area contributed by atoms with Crippen LogP contribution in [0.25, 0.3) is 0 Å². The van der Waals surface area contributed by atoms with Crippen molar-refractivity contribution in [3.05, 3.63) is 33.8 Å². The van der Waals surface area contributed by atoms with Gasteiger partial charge in [0.25, 0.3) is 0 Å². The predicted molar refractivity (Wildman–Crippen MR) is 85.0 cm³/mol. The molecule has 0 unspecified atom stereocenters. The minimum atomic E-state index is 0.166. The van der Waals surface area contributed by atoms with Crippen molar-refractivity contribution in [2.75, 3.05) is 39.3 Å². The highest BCUT2D eigenvalue weighted by Gasteiger charge is 2.29. The van der Waals surface area contributed by atoms with Crippen molar-refractivity contribution in [3.8, 4) is 0 Å². The minimum Gasteiger partial charge on any atom is -0.340 e. The number of rotatable bonds is 3. The number of piperazine rings is 1. The highest BCUT2D eigenvalue weighted by molar-refractivity contribution is 6.42. The van der Waals surface area contributed by atoms with E-state index in [1.165, 1.54) is 0 Å². The molecular weight excluding hydrogens is 309 g/mol. The number of nitrogens with zero attached hydrogens (tertiary/aromatic N) is 2. The van der Waals surface area contributed by atoms with Crippen molar-refractivity contribution in [1.82, 2.24) is 15.1 Å². The van der Waals surface area contributed by atoms with E-state index in [9.17, 15) is 4.79 Å². The molecule has 2 fully saturated rings. The standard InChI is InChI=1S/C15H19Cl2N3O/c16-13-2-1-11(7-14(13)17)8-15(21)20-5-3-19(4-6-20)12-9-18-10-12/h1-2,7,12,18H,3-6,8-10H2. The number of carbonyl (C=O) groups excluding carboxylic acids is 1. The fraction of sp³-hybridized carbons (Fsp3) is 0.533. The van der Waals surface area contributed by atoms with Crippen LogP contribution in [0.15, 0.2) is 18.2 Å². The van der Waals surface area contributed by atoms with Crippen molar-refractivity contribution in [2.24, 2.45) is 0 Å². The topological polar surface area (TPSA) is 35.6 Å². The second kappa shape index (κ2) is 6.53. The molecule has 2 heterocycles. The molecule has 1 aromatic carbocycles. The van der Waals surface area contributed by atoms with Gasteiger partial charge in [-0.05, 0) is 17.7 Å². The van der Waals surface area contributed by atoms with Crippen LogP contribution in [0, 0.1) is 0 Å². The molecule has 3 rings (SSSR count). The van der Waals surface area contributed by atoms with Gasteiger partial charge in [0, 0.05) is 45.3 Å². The van der Waals surface area contributed by atoms with Crippen LogP contribution in [0.5, 0.6) is 0 Å². The van der Waals surface area contributed by atoms with E-state index >= 15 is 0 Å². The molecule has 6 heteroatoms. The molecule has 0 spiro atoms. The van der Waals surface area contributed by atoms with Gasteiger partial charge in [-0.25, -0.2) is 0 Å². The van der Waals surface area contributed by atoms with Gasteiger partial charge >= 0.3 is 0 Å². The Bertz CT molecular complexity index is 526. The largest absolute Gasteiger partial charge is 0.340 e. The number of benzene rings is 1. The van der Waals surface area contributed by atoms with Crippen LogP contribution in [-0.2, 0) is 11.2 Å². The molecule has 114 valence electrons. The van der Waals surface area contributed by atoms with Crippen molar-refractivity contribution in [2.45, 2.75) is 12.5 Å². The zero-order valence-electron chi connectivity index (χ0n) is 11.8. The normalized spacial score (nSPS) is 20.4. The van der Waals surface area contributed by atoms with E-state index in [-0.39, 0.29) is 5.91 Å². The van der Waals surface area contributed by atoms with Crippen LogP contribution in [0.4, 0.5) is 0 Å². The molecule has 2 aliphatic heterocycles. The Morgan fingerprint density at radius 2 is 1.86 bits per heavy atom. The first-order valence-electron chi connectivity index (χ1n) is 7.30. The summed E-state index contributed by atoms with van der Waals surface area (Å²) < 4.78 is 0. The molecule has 0 aromatic heterocycles. The molecular formula is C15H19Cl2N3O. The molecule has 0 aliphatic carbocycles. The third-order valence-electron chi connectivity index (χ3n) is 4.28. The number of nitrogens with one attached hydrogen (secondary N) is 1. The average Bonchev–Trinajstić information content (AvgIpc) is 2.42. The smallest absolute Gasteiger partial charge is 0.227 e. The third-order valence-corrected chi connectivity index (χ3v) is 5.02. The number of carbonyl (C=O) groups is 1. The summed E-state index contributed by atoms with van der Waals surface area (Å²) in [6, 6.07) is 6.05. The van der Waals surface area contributed by atoms with Gasteiger partial charge in [-0.2, -0.15) is 0 Å². The Kier molecular flexibility index (Phi) is 4.69. The quantitative estimate of drug-likeness (QED) is 0.917. The molecule has 1 N–H and O–H groups in total. The molecule has 0 radical (unpaired) electrons. The SMILES string of the molecule is O=C(Cc1ccc(Cl)c(Cl)c1)N1CCN(C2CNC2)CC1. The van der Waals surface area contributed by atoms with E-state index in [0.29, 0.717) is 22.5 Å². The Hall–Kier alpha value is -0.810. The second-order valence-corrected chi connectivity index (χ2v) is 6.47. The van der Waals surface area contributed by atoms with E-state index in [0.717, 1.165) is 44.8 Å². The third kappa shape index (κ3) is 3.51. The maximum absolute atomic E-state index is 12.3. The number of hydrogen-bond donors (Lipinski definition) is 1.